The van der Waals surface area contributed by atoms with Gasteiger partial charge in [-0.2, -0.15) is 5.26 Å². The molecule has 1 fully saturated rings. The van der Waals surface area contributed by atoms with Crippen molar-refractivity contribution in [3.8, 4) is 6.07 Å². The molecule has 0 unspecified atom stereocenters. The van der Waals surface area contributed by atoms with Gasteiger partial charge in [-0.15, -0.1) is 11.3 Å². The SMILES string of the molecule is CC(C)(C)OC(=O)N1CCc2sc(CN3CCC(F)(C#N)CC3)cc2C1. The fourth-order valence-corrected chi connectivity index (χ4v) is 4.57. The Kier molecular flexibility index (Phi) is 5.27. The predicted octanol–water partition coefficient (Wildman–Crippen LogP) is 3.87. The quantitative estimate of drug-likeness (QED) is 0.783. The highest BCUT2D eigenvalue weighted by Crippen LogP contribution is 2.32. The molecule has 1 amide bonds. The summed E-state index contributed by atoms with van der Waals surface area (Å²) in [5.74, 6) is 0. The normalized spacial score (nSPS) is 20.3. The Labute approximate surface area is 158 Å². The fourth-order valence-electron chi connectivity index (χ4n) is 3.35. The third-order valence-corrected chi connectivity index (χ3v) is 6.02. The van der Waals surface area contributed by atoms with Gasteiger partial charge < -0.3 is 9.64 Å². The van der Waals surface area contributed by atoms with Gasteiger partial charge >= 0.3 is 6.09 Å². The number of piperidine rings is 1. The lowest BCUT2D eigenvalue weighted by Crippen LogP contribution is -2.40. The van der Waals surface area contributed by atoms with Crippen molar-refractivity contribution in [2.75, 3.05) is 19.6 Å². The van der Waals surface area contributed by atoms with Crippen molar-refractivity contribution in [2.45, 2.75) is 64.4 Å². The number of fused-ring (bicyclic) bond motifs is 1. The zero-order valence-corrected chi connectivity index (χ0v) is 16.5. The topological polar surface area (TPSA) is 56.6 Å². The molecule has 0 bridgehead atoms. The van der Waals surface area contributed by atoms with Crippen LogP contribution in [0.25, 0.3) is 0 Å². The van der Waals surface area contributed by atoms with Gasteiger partial charge in [0.1, 0.15) is 11.7 Å². The molecule has 0 aromatic carbocycles. The monoisotopic (exact) mass is 379 g/mol. The molecule has 0 saturated carbocycles. The van der Waals surface area contributed by atoms with Crippen molar-refractivity contribution in [3.63, 3.8) is 0 Å². The largest absolute Gasteiger partial charge is 0.444 e. The molecule has 26 heavy (non-hydrogen) atoms. The van der Waals surface area contributed by atoms with Gasteiger partial charge in [-0.05, 0) is 38.8 Å². The molecule has 3 rings (SSSR count). The Hall–Kier alpha value is -1.65. The van der Waals surface area contributed by atoms with Crippen LogP contribution in [0.3, 0.4) is 0 Å². The van der Waals surface area contributed by atoms with Crippen molar-refractivity contribution in [1.29, 1.82) is 5.26 Å². The van der Waals surface area contributed by atoms with Crippen molar-refractivity contribution in [3.05, 3.63) is 21.4 Å². The first-order valence-electron chi connectivity index (χ1n) is 9.08. The van der Waals surface area contributed by atoms with E-state index in [1.165, 1.54) is 15.3 Å². The lowest BCUT2D eigenvalue weighted by molar-refractivity contribution is 0.0225. The van der Waals surface area contributed by atoms with Crippen molar-refractivity contribution < 1.29 is 13.9 Å². The van der Waals surface area contributed by atoms with E-state index in [1.807, 2.05) is 20.8 Å². The van der Waals surface area contributed by atoms with Gasteiger partial charge in [-0.3, -0.25) is 4.90 Å². The van der Waals surface area contributed by atoms with Gasteiger partial charge in [0.05, 0.1) is 6.54 Å². The summed E-state index contributed by atoms with van der Waals surface area (Å²) in [5.41, 5.74) is -0.949. The van der Waals surface area contributed by atoms with Gasteiger partial charge in [0.2, 0.25) is 0 Å². The number of hydrogen-bond acceptors (Lipinski definition) is 5. The van der Waals surface area contributed by atoms with E-state index in [1.54, 1.807) is 22.3 Å². The number of carbonyl (C=O) groups is 1. The summed E-state index contributed by atoms with van der Waals surface area (Å²) in [5, 5.41) is 8.89. The maximum atomic E-state index is 14.0. The standard InChI is InChI=1S/C19H26FN3O2S/c1-18(2,3)25-17(24)23-7-4-16-14(11-23)10-15(26-16)12-22-8-5-19(20,13-21)6-9-22/h10H,4-9,11-12H2,1-3H3. The van der Waals surface area contributed by atoms with Crippen LogP contribution in [0.15, 0.2) is 6.07 Å². The molecule has 2 aliphatic heterocycles. The highest BCUT2D eigenvalue weighted by atomic mass is 32.1. The third kappa shape index (κ3) is 4.54. The number of nitriles is 1. The van der Waals surface area contributed by atoms with E-state index in [4.69, 9.17) is 10.00 Å². The van der Waals surface area contributed by atoms with Gasteiger partial charge in [0.25, 0.3) is 0 Å². The Morgan fingerprint density at radius 3 is 2.69 bits per heavy atom. The van der Waals surface area contributed by atoms with Crippen LogP contribution in [0.1, 0.15) is 48.9 Å². The molecule has 0 radical (unpaired) electrons. The van der Waals surface area contributed by atoms with Gasteiger partial charge in [-0.25, -0.2) is 9.18 Å². The molecule has 5 nitrogen and oxygen atoms in total. The van der Waals surface area contributed by atoms with E-state index in [0.717, 1.165) is 13.0 Å². The first-order chi connectivity index (χ1) is 12.2. The van der Waals surface area contributed by atoms with E-state index < -0.39 is 11.3 Å². The molecular formula is C19H26FN3O2S. The Bertz CT molecular complexity index is 711. The Morgan fingerprint density at radius 1 is 1.38 bits per heavy atom. The number of likely N-dealkylation sites (tertiary alicyclic amines) is 1. The Balaban J connectivity index is 1.58. The molecule has 2 aliphatic rings. The maximum absolute atomic E-state index is 14.0. The van der Waals surface area contributed by atoms with E-state index in [9.17, 15) is 9.18 Å². The van der Waals surface area contributed by atoms with Gasteiger partial charge in [-0.1, -0.05) is 0 Å². The highest BCUT2D eigenvalue weighted by Gasteiger charge is 2.34. The summed E-state index contributed by atoms with van der Waals surface area (Å²) in [6, 6.07) is 3.96. The van der Waals surface area contributed by atoms with Crippen LogP contribution in [-0.2, 0) is 24.2 Å². The molecule has 1 aromatic rings. The summed E-state index contributed by atoms with van der Waals surface area (Å²) < 4.78 is 19.5. The van der Waals surface area contributed by atoms with Crippen LogP contribution in [-0.4, -0.2) is 46.8 Å². The second kappa shape index (κ2) is 7.16. The number of thiophene rings is 1. The number of carbonyl (C=O) groups excluding carboxylic acids is 1. The summed E-state index contributed by atoms with van der Waals surface area (Å²) >= 11 is 1.78. The average Bonchev–Trinajstić information content (AvgIpc) is 2.97. The lowest BCUT2D eigenvalue weighted by Gasteiger charge is -2.31. The van der Waals surface area contributed by atoms with Crippen LogP contribution in [0.4, 0.5) is 9.18 Å². The van der Waals surface area contributed by atoms with Crippen LogP contribution in [0, 0.1) is 11.3 Å². The molecule has 0 aliphatic carbocycles. The molecule has 0 spiro atoms. The average molecular weight is 380 g/mol. The molecule has 7 heteroatoms. The first kappa shape index (κ1) is 19.1. The number of ether oxygens (including phenoxy) is 1. The molecule has 1 aromatic heterocycles. The molecule has 0 N–H and O–H groups in total. The molecular weight excluding hydrogens is 353 g/mol. The minimum atomic E-state index is -1.65. The second-order valence-electron chi connectivity index (χ2n) is 8.17. The van der Waals surface area contributed by atoms with E-state index in [2.05, 4.69) is 11.0 Å². The molecule has 0 atom stereocenters. The molecule has 1 saturated heterocycles. The van der Waals surface area contributed by atoms with Crippen molar-refractivity contribution >= 4 is 17.4 Å². The summed E-state index contributed by atoms with van der Waals surface area (Å²) in [4.78, 5) is 18.8. The number of alkyl halides is 1. The third-order valence-electron chi connectivity index (χ3n) is 4.80. The predicted molar refractivity (Wildman–Crippen MR) is 98.6 cm³/mol. The van der Waals surface area contributed by atoms with Crippen LogP contribution >= 0.6 is 11.3 Å². The molecule has 142 valence electrons. The first-order valence-corrected chi connectivity index (χ1v) is 9.90. The number of rotatable bonds is 2. The Morgan fingerprint density at radius 2 is 2.08 bits per heavy atom. The number of halogens is 1. The van der Waals surface area contributed by atoms with Gasteiger partial charge in [0.15, 0.2) is 5.67 Å². The van der Waals surface area contributed by atoms with E-state index >= 15 is 0 Å². The number of nitrogens with zero attached hydrogens (tertiary/aromatic N) is 3. The number of amides is 1. The van der Waals surface area contributed by atoms with Crippen LogP contribution < -0.4 is 0 Å². The van der Waals surface area contributed by atoms with Crippen LogP contribution in [0.5, 0.6) is 0 Å². The second-order valence-corrected chi connectivity index (χ2v) is 9.39. The van der Waals surface area contributed by atoms with Gasteiger partial charge in [0, 0.05) is 48.8 Å². The lowest BCUT2D eigenvalue weighted by atomic mass is 9.95. The number of hydrogen-bond donors (Lipinski definition) is 0. The molecule has 3 heterocycles. The zero-order chi connectivity index (χ0) is 18.9. The fraction of sp³-hybridized carbons (Fsp3) is 0.684. The zero-order valence-electron chi connectivity index (χ0n) is 15.7. The van der Waals surface area contributed by atoms with Crippen molar-refractivity contribution in [2.24, 2.45) is 0 Å². The van der Waals surface area contributed by atoms with Crippen molar-refractivity contribution in [1.82, 2.24) is 9.80 Å². The summed E-state index contributed by atoms with van der Waals surface area (Å²) in [6.45, 7) is 8.89. The maximum Gasteiger partial charge on any atom is 0.410 e. The minimum Gasteiger partial charge on any atom is -0.444 e. The minimum absolute atomic E-state index is 0.261. The highest BCUT2D eigenvalue weighted by molar-refractivity contribution is 7.12. The van der Waals surface area contributed by atoms with E-state index in [-0.39, 0.29) is 18.9 Å². The smallest absolute Gasteiger partial charge is 0.410 e. The summed E-state index contributed by atoms with van der Waals surface area (Å²) in [6.07, 6.45) is 1.14. The summed E-state index contributed by atoms with van der Waals surface area (Å²) in [7, 11) is 0. The van der Waals surface area contributed by atoms with E-state index in [0.29, 0.717) is 26.2 Å². The van der Waals surface area contributed by atoms with Crippen LogP contribution in [0.2, 0.25) is 0 Å².